The number of benzene rings is 1. The summed E-state index contributed by atoms with van der Waals surface area (Å²) >= 11 is 1.71. The zero-order valence-electron chi connectivity index (χ0n) is 14.4. The largest absolute Gasteiger partial charge is 0.331 e. The fourth-order valence-corrected chi connectivity index (χ4v) is 5.34. The second kappa shape index (κ2) is 7.26. The first kappa shape index (κ1) is 16.7. The zero-order valence-corrected chi connectivity index (χ0v) is 15.2. The van der Waals surface area contributed by atoms with Gasteiger partial charge in [0.25, 0.3) is 5.91 Å². The Hall–Kier alpha value is -1.72. The molecule has 0 bridgehead atoms. The number of likely N-dealkylation sites (tertiary alicyclic amines) is 1. The third-order valence-electron chi connectivity index (χ3n) is 5.36. The molecule has 132 valence electrons. The fraction of sp³-hybridized carbons (Fsp3) is 0.450. The fourth-order valence-electron chi connectivity index (χ4n) is 4.04. The van der Waals surface area contributed by atoms with E-state index >= 15 is 0 Å². The van der Waals surface area contributed by atoms with Crippen molar-refractivity contribution in [1.82, 2.24) is 0 Å². The molecule has 2 N–H and O–H groups in total. The lowest BCUT2D eigenvalue weighted by Crippen LogP contribution is -3.08. The van der Waals surface area contributed by atoms with Gasteiger partial charge >= 0.3 is 0 Å². The molecule has 2 aromatic rings. The van der Waals surface area contributed by atoms with E-state index < -0.39 is 5.82 Å². The van der Waals surface area contributed by atoms with Crippen LogP contribution in [0.25, 0.3) is 0 Å². The molecule has 25 heavy (non-hydrogen) atoms. The Balaban J connectivity index is 1.62. The third-order valence-corrected chi connectivity index (χ3v) is 6.61. The van der Waals surface area contributed by atoms with Crippen LogP contribution in [0.2, 0.25) is 0 Å². The molecule has 0 radical (unpaired) electrons. The van der Waals surface area contributed by atoms with Crippen LogP contribution in [0.4, 0.5) is 9.39 Å². The molecule has 4 rings (SSSR count). The molecule has 0 saturated carbocycles. The van der Waals surface area contributed by atoms with Gasteiger partial charge in [0.15, 0.2) is 0 Å². The number of amides is 1. The van der Waals surface area contributed by atoms with Crippen LogP contribution in [0.3, 0.4) is 0 Å². The molecular formula is C20H24FN2OS+. The van der Waals surface area contributed by atoms with E-state index in [9.17, 15) is 9.18 Å². The van der Waals surface area contributed by atoms with Crippen LogP contribution >= 0.6 is 11.3 Å². The Morgan fingerprint density at radius 3 is 2.68 bits per heavy atom. The topological polar surface area (TPSA) is 33.5 Å². The lowest BCUT2D eigenvalue weighted by atomic mass is 9.95. The summed E-state index contributed by atoms with van der Waals surface area (Å²) in [5.41, 5.74) is 2.88. The van der Waals surface area contributed by atoms with Crippen molar-refractivity contribution in [2.24, 2.45) is 0 Å². The van der Waals surface area contributed by atoms with Crippen LogP contribution in [-0.2, 0) is 19.4 Å². The molecule has 1 aliphatic heterocycles. The number of hydrogen-bond acceptors (Lipinski definition) is 2. The molecule has 0 spiro atoms. The minimum atomic E-state index is -0.465. The number of aryl methyl sites for hydroxylation is 1. The van der Waals surface area contributed by atoms with E-state index in [2.05, 4.69) is 5.32 Å². The van der Waals surface area contributed by atoms with E-state index in [1.807, 2.05) is 0 Å². The van der Waals surface area contributed by atoms with Crippen LogP contribution in [0.15, 0.2) is 24.3 Å². The van der Waals surface area contributed by atoms with E-state index in [0.717, 1.165) is 24.4 Å². The highest BCUT2D eigenvalue weighted by atomic mass is 32.1. The molecule has 0 atom stereocenters. The molecule has 2 heterocycles. The number of fused-ring (bicyclic) bond motifs is 1. The maximum absolute atomic E-state index is 13.9. The van der Waals surface area contributed by atoms with Gasteiger partial charge in [0.1, 0.15) is 17.4 Å². The summed E-state index contributed by atoms with van der Waals surface area (Å²) in [6.45, 7) is 3.41. The summed E-state index contributed by atoms with van der Waals surface area (Å²) in [5, 5.41) is 3.97. The first-order valence-electron chi connectivity index (χ1n) is 9.25. The molecule has 1 fully saturated rings. The van der Waals surface area contributed by atoms with Crippen LogP contribution in [0.5, 0.6) is 0 Å². The van der Waals surface area contributed by atoms with Crippen molar-refractivity contribution in [1.29, 1.82) is 0 Å². The summed E-state index contributed by atoms with van der Waals surface area (Å²) in [6, 6.07) is 6.19. The van der Waals surface area contributed by atoms with E-state index in [1.54, 1.807) is 34.4 Å². The Kier molecular flexibility index (Phi) is 4.86. The Morgan fingerprint density at radius 2 is 1.88 bits per heavy atom. The molecule has 1 aliphatic carbocycles. The molecule has 1 aromatic carbocycles. The number of rotatable bonds is 4. The predicted molar refractivity (Wildman–Crippen MR) is 98.9 cm³/mol. The minimum absolute atomic E-state index is 0.119. The van der Waals surface area contributed by atoms with Crippen molar-refractivity contribution < 1.29 is 14.1 Å². The standard InChI is InChI=1S/C20H23FN2OS/c21-17-9-3-1-8-15(17)19(24)22-20-16(13-23-11-5-6-12-23)14-7-2-4-10-18(14)25-20/h1,3,8-9H,2,4-7,10-13H2,(H,22,24)/p+1. The van der Waals surface area contributed by atoms with Crippen molar-refractivity contribution >= 4 is 22.2 Å². The maximum Gasteiger partial charge on any atom is 0.259 e. The molecule has 5 heteroatoms. The van der Waals surface area contributed by atoms with E-state index in [0.29, 0.717) is 0 Å². The minimum Gasteiger partial charge on any atom is -0.331 e. The molecule has 1 saturated heterocycles. The molecule has 0 unspecified atom stereocenters. The van der Waals surface area contributed by atoms with Crippen molar-refractivity contribution in [3.63, 3.8) is 0 Å². The number of halogens is 1. The highest BCUT2D eigenvalue weighted by molar-refractivity contribution is 7.16. The number of quaternary nitrogens is 1. The number of anilines is 1. The second-order valence-electron chi connectivity index (χ2n) is 7.09. The first-order chi connectivity index (χ1) is 12.2. The molecule has 2 aliphatic rings. The summed E-state index contributed by atoms with van der Waals surface area (Å²) in [7, 11) is 0. The van der Waals surface area contributed by atoms with Gasteiger partial charge in [-0.1, -0.05) is 12.1 Å². The Morgan fingerprint density at radius 1 is 1.12 bits per heavy atom. The number of thiophene rings is 1. The van der Waals surface area contributed by atoms with Crippen molar-refractivity contribution in [3.05, 3.63) is 51.7 Å². The summed E-state index contributed by atoms with van der Waals surface area (Å²) in [6.07, 6.45) is 7.26. The zero-order chi connectivity index (χ0) is 17.2. The van der Waals surface area contributed by atoms with Crippen molar-refractivity contribution in [3.8, 4) is 0 Å². The number of nitrogens with one attached hydrogen (secondary N) is 2. The number of carbonyl (C=O) groups excluding carboxylic acids is 1. The van der Waals surface area contributed by atoms with Gasteiger partial charge in [-0.15, -0.1) is 11.3 Å². The predicted octanol–water partition coefficient (Wildman–Crippen LogP) is 3.20. The summed E-state index contributed by atoms with van der Waals surface area (Å²) < 4.78 is 13.9. The van der Waals surface area contributed by atoms with E-state index in [1.165, 1.54) is 60.8 Å². The summed E-state index contributed by atoms with van der Waals surface area (Å²) in [5.74, 6) is -0.803. The molecule has 3 nitrogen and oxygen atoms in total. The smallest absolute Gasteiger partial charge is 0.259 e. The van der Waals surface area contributed by atoms with Gasteiger partial charge in [-0.2, -0.15) is 0 Å². The van der Waals surface area contributed by atoms with Gasteiger partial charge in [0, 0.05) is 23.3 Å². The second-order valence-corrected chi connectivity index (χ2v) is 8.19. The van der Waals surface area contributed by atoms with Crippen LogP contribution in [0, 0.1) is 5.82 Å². The van der Waals surface area contributed by atoms with Crippen LogP contribution in [0.1, 0.15) is 52.0 Å². The average Bonchev–Trinajstić information content (AvgIpc) is 3.24. The van der Waals surface area contributed by atoms with Gasteiger partial charge in [-0.3, -0.25) is 4.79 Å². The lowest BCUT2D eigenvalue weighted by molar-refractivity contribution is -0.901. The third kappa shape index (κ3) is 3.48. The highest BCUT2D eigenvalue weighted by Crippen LogP contribution is 2.38. The first-order valence-corrected chi connectivity index (χ1v) is 10.1. The maximum atomic E-state index is 13.9. The molecule has 1 aromatic heterocycles. The monoisotopic (exact) mass is 359 g/mol. The summed E-state index contributed by atoms with van der Waals surface area (Å²) in [4.78, 5) is 15.6. The average molecular weight is 359 g/mol. The lowest BCUT2D eigenvalue weighted by Gasteiger charge is -2.17. The number of hydrogen-bond donors (Lipinski definition) is 2. The normalized spacial score (nSPS) is 17.5. The van der Waals surface area contributed by atoms with E-state index in [-0.39, 0.29) is 11.5 Å². The Bertz CT molecular complexity index is 780. The van der Waals surface area contributed by atoms with Crippen molar-refractivity contribution in [2.75, 3.05) is 18.4 Å². The van der Waals surface area contributed by atoms with Crippen molar-refractivity contribution in [2.45, 2.75) is 45.1 Å². The van der Waals surface area contributed by atoms with E-state index in [4.69, 9.17) is 0 Å². The molecule has 1 amide bonds. The quantitative estimate of drug-likeness (QED) is 0.864. The SMILES string of the molecule is O=C(Nc1sc2c(c1C[NH+]1CCCC1)CCCC2)c1ccccc1F. The van der Waals surface area contributed by atoms with Gasteiger partial charge < -0.3 is 10.2 Å². The Labute approximate surface area is 151 Å². The van der Waals surface area contributed by atoms with Gasteiger partial charge in [0.2, 0.25) is 0 Å². The molecular weight excluding hydrogens is 335 g/mol. The van der Waals surface area contributed by atoms with Crippen LogP contribution < -0.4 is 10.2 Å². The number of carbonyl (C=O) groups is 1. The highest BCUT2D eigenvalue weighted by Gasteiger charge is 2.26. The van der Waals surface area contributed by atoms with Crippen LogP contribution in [-0.4, -0.2) is 19.0 Å². The van der Waals surface area contributed by atoms with Gasteiger partial charge in [-0.25, -0.2) is 4.39 Å². The van der Waals surface area contributed by atoms with Gasteiger partial charge in [-0.05, 0) is 43.4 Å². The van der Waals surface area contributed by atoms with Gasteiger partial charge in [0.05, 0.1) is 18.7 Å².